The van der Waals surface area contributed by atoms with Gasteiger partial charge in [-0.05, 0) is 19.6 Å². The van der Waals surface area contributed by atoms with Gasteiger partial charge in [-0.15, -0.1) is 11.8 Å². The fourth-order valence-electron chi connectivity index (χ4n) is 1.05. The number of aryl methyl sites for hydroxylation is 1. The molecule has 13 heavy (non-hydrogen) atoms. The van der Waals surface area contributed by atoms with Gasteiger partial charge < -0.3 is 0 Å². The molecular weight excluding hydrogens is 204 g/mol. The molecular formula is C9H13ClN2S. The van der Waals surface area contributed by atoms with Crippen LogP contribution in [0.2, 0.25) is 5.15 Å². The van der Waals surface area contributed by atoms with E-state index < -0.39 is 0 Å². The Morgan fingerprint density at radius 2 is 2.08 bits per heavy atom. The summed E-state index contributed by atoms with van der Waals surface area (Å²) in [5.74, 6) is 0.849. The van der Waals surface area contributed by atoms with Gasteiger partial charge in [-0.1, -0.05) is 18.5 Å². The summed E-state index contributed by atoms with van der Waals surface area (Å²) in [5.41, 5.74) is 0.981. The number of halogens is 1. The third-order valence-corrected chi connectivity index (χ3v) is 2.91. The van der Waals surface area contributed by atoms with Crippen LogP contribution in [0.1, 0.15) is 24.7 Å². The van der Waals surface area contributed by atoms with Crippen LogP contribution in [0.4, 0.5) is 0 Å². The van der Waals surface area contributed by atoms with Crippen molar-refractivity contribution in [2.45, 2.75) is 31.7 Å². The monoisotopic (exact) mass is 216 g/mol. The van der Waals surface area contributed by atoms with E-state index in [4.69, 9.17) is 11.6 Å². The lowest BCUT2D eigenvalue weighted by atomic mass is 10.3. The Morgan fingerprint density at radius 1 is 1.38 bits per heavy atom. The topological polar surface area (TPSA) is 25.8 Å². The SMILES string of the molecule is CCCc1nc(Cl)c(C)c(SC)n1. The minimum Gasteiger partial charge on any atom is -0.226 e. The number of hydrogen-bond donors (Lipinski definition) is 0. The fraction of sp³-hybridized carbons (Fsp3) is 0.556. The largest absolute Gasteiger partial charge is 0.226 e. The molecule has 0 saturated carbocycles. The van der Waals surface area contributed by atoms with Crippen LogP contribution in [0.25, 0.3) is 0 Å². The summed E-state index contributed by atoms with van der Waals surface area (Å²) in [6.07, 6.45) is 3.95. The van der Waals surface area contributed by atoms with E-state index in [1.54, 1.807) is 11.8 Å². The molecule has 0 aromatic carbocycles. The van der Waals surface area contributed by atoms with E-state index in [-0.39, 0.29) is 0 Å². The highest BCUT2D eigenvalue weighted by atomic mass is 35.5. The van der Waals surface area contributed by atoms with Crippen molar-refractivity contribution in [3.63, 3.8) is 0 Å². The van der Waals surface area contributed by atoms with Crippen molar-refractivity contribution in [1.82, 2.24) is 9.97 Å². The first-order valence-electron chi connectivity index (χ1n) is 4.26. The molecule has 0 N–H and O–H groups in total. The lowest BCUT2D eigenvalue weighted by Crippen LogP contribution is -1.99. The summed E-state index contributed by atoms with van der Waals surface area (Å²) in [4.78, 5) is 8.62. The van der Waals surface area contributed by atoms with Crippen molar-refractivity contribution in [2.75, 3.05) is 6.26 Å². The van der Waals surface area contributed by atoms with Crippen molar-refractivity contribution in [1.29, 1.82) is 0 Å². The molecule has 0 atom stereocenters. The Morgan fingerprint density at radius 3 is 2.62 bits per heavy atom. The summed E-state index contributed by atoms with van der Waals surface area (Å²) in [6, 6.07) is 0. The Kier molecular flexibility index (Phi) is 4.00. The second-order valence-corrected chi connectivity index (χ2v) is 3.97. The van der Waals surface area contributed by atoms with Crippen LogP contribution in [0.5, 0.6) is 0 Å². The third kappa shape index (κ3) is 2.58. The average Bonchev–Trinajstić information content (AvgIpc) is 2.11. The van der Waals surface area contributed by atoms with E-state index in [9.17, 15) is 0 Å². The second-order valence-electron chi connectivity index (χ2n) is 2.81. The number of aromatic nitrogens is 2. The predicted molar refractivity (Wildman–Crippen MR) is 57.6 cm³/mol. The van der Waals surface area contributed by atoms with Crippen LogP contribution in [-0.2, 0) is 6.42 Å². The van der Waals surface area contributed by atoms with Gasteiger partial charge in [0.05, 0.1) is 0 Å². The maximum Gasteiger partial charge on any atom is 0.136 e. The van der Waals surface area contributed by atoms with E-state index in [1.165, 1.54) is 0 Å². The highest BCUT2D eigenvalue weighted by molar-refractivity contribution is 7.98. The number of thioether (sulfide) groups is 1. The lowest BCUT2D eigenvalue weighted by molar-refractivity contribution is 0.802. The molecule has 1 heterocycles. The molecule has 0 aliphatic carbocycles. The zero-order chi connectivity index (χ0) is 9.84. The molecule has 0 unspecified atom stereocenters. The first-order valence-corrected chi connectivity index (χ1v) is 5.86. The first-order chi connectivity index (χ1) is 6.19. The van der Waals surface area contributed by atoms with Crippen LogP contribution in [0.15, 0.2) is 5.03 Å². The van der Waals surface area contributed by atoms with Crippen molar-refractivity contribution in [3.05, 3.63) is 16.5 Å². The normalized spacial score (nSPS) is 10.5. The molecule has 0 amide bonds. The fourth-order valence-corrected chi connectivity index (χ4v) is 1.89. The van der Waals surface area contributed by atoms with Crippen LogP contribution in [-0.4, -0.2) is 16.2 Å². The van der Waals surface area contributed by atoms with E-state index in [2.05, 4.69) is 16.9 Å². The first kappa shape index (κ1) is 10.8. The summed E-state index contributed by atoms with van der Waals surface area (Å²) in [6.45, 7) is 4.06. The molecule has 1 rings (SSSR count). The van der Waals surface area contributed by atoms with E-state index in [1.807, 2.05) is 13.2 Å². The highest BCUT2D eigenvalue weighted by Gasteiger charge is 2.07. The lowest BCUT2D eigenvalue weighted by Gasteiger charge is -2.05. The summed E-state index contributed by atoms with van der Waals surface area (Å²) >= 11 is 7.58. The van der Waals surface area contributed by atoms with E-state index in [0.29, 0.717) is 5.15 Å². The number of nitrogens with zero attached hydrogens (tertiary/aromatic N) is 2. The van der Waals surface area contributed by atoms with Gasteiger partial charge >= 0.3 is 0 Å². The summed E-state index contributed by atoms with van der Waals surface area (Å²) in [5, 5.41) is 1.58. The quantitative estimate of drug-likeness (QED) is 0.574. The smallest absolute Gasteiger partial charge is 0.136 e. The van der Waals surface area contributed by atoms with Gasteiger partial charge in [-0.25, -0.2) is 9.97 Å². The Labute approximate surface area is 88.1 Å². The molecule has 0 radical (unpaired) electrons. The minimum atomic E-state index is 0.586. The Balaban J connectivity index is 3.06. The average molecular weight is 217 g/mol. The molecule has 0 bridgehead atoms. The molecule has 0 spiro atoms. The minimum absolute atomic E-state index is 0.586. The zero-order valence-corrected chi connectivity index (χ0v) is 9.67. The molecule has 0 fully saturated rings. The van der Waals surface area contributed by atoms with E-state index >= 15 is 0 Å². The van der Waals surface area contributed by atoms with Gasteiger partial charge in [-0.3, -0.25) is 0 Å². The molecule has 72 valence electrons. The van der Waals surface area contributed by atoms with Gasteiger partial charge in [0.25, 0.3) is 0 Å². The van der Waals surface area contributed by atoms with Crippen molar-refractivity contribution in [3.8, 4) is 0 Å². The third-order valence-electron chi connectivity index (χ3n) is 1.76. The van der Waals surface area contributed by atoms with Gasteiger partial charge in [0, 0.05) is 12.0 Å². The van der Waals surface area contributed by atoms with Crippen molar-refractivity contribution >= 4 is 23.4 Å². The Bertz CT molecular complexity index is 302. The second kappa shape index (κ2) is 4.82. The van der Waals surface area contributed by atoms with Gasteiger partial charge in [0.1, 0.15) is 16.0 Å². The molecule has 2 nitrogen and oxygen atoms in total. The zero-order valence-electron chi connectivity index (χ0n) is 8.09. The highest BCUT2D eigenvalue weighted by Crippen LogP contribution is 2.22. The number of rotatable bonds is 3. The van der Waals surface area contributed by atoms with Crippen LogP contribution in [0.3, 0.4) is 0 Å². The van der Waals surface area contributed by atoms with Crippen molar-refractivity contribution in [2.24, 2.45) is 0 Å². The predicted octanol–water partition coefficient (Wildman–Crippen LogP) is 3.11. The van der Waals surface area contributed by atoms with Crippen LogP contribution >= 0.6 is 23.4 Å². The van der Waals surface area contributed by atoms with Gasteiger partial charge in [0.2, 0.25) is 0 Å². The summed E-state index contributed by atoms with van der Waals surface area (Å²) < 4.78 is 0. The molecule has 0 aliphatic heterocycles. The number of hydrogen-bond acceptors (Lipinski definition) is 3. The molecule has 1 aromatic rings. The molecule has 1 aromatic heterocycles. The van der Waals surface area contributed by atoms with E-state index in [0.717, 1.165) is 29.3 Å². The molecule has 0 saturated heterocycles. The van der Waals surface area contributed by atoms with Crippen molar-refractivity contribution < 1.29 is 0 Å². The molecule has 0 aliphatic rings. The van der Waals surface area contributed by atoms with Gasteiger partial charge in [-0.2, -0.15) is 0 Å². The van der Waals surface area contributed by atoms with Crippen LogP contribution < -0.4 is 0 Å². The maximum absolute atomic E-state index is 5.97. The van der Waals surface area contributed by atoms with Gasteiger partial charge in [0.15, 0.2) is 0 Å². The maximum atomic E-state index is 5.97. The Hall–Kier alpha value is -0.280. The molecule has 4 heteroatoms. The summed E-state index contributed by atoms with van der Waals surface area (Å²) in [7, 11) is 0. The standard InChI is InChI=1S/C9H13ClN2S/c1-4-5-7-11-8(10)6(2)9(12-7)13-3/h4-5H2,1-3H3. The van der Waals surface area contributed by atoms with Crippen LogP contribution in [0, 0.1) is 6.92 Å².